The number of halogens is 1. The van der Waals surface area contributed by atoms with Crippen molar-refractivity contribution in [3.63, 3.8) is 0 Å². The molecular formula is C29H54FN3O. The molecule has 1 aromatic carbocycles. The lowest BCUT2D eigenvalue weighted by Gasteiger charge is -2.47. The average Bonchev–Trinajstić information content (AvgIpc) is 2.84. The Hall–Kier alpha value is -1.17. The Labute approximate surface area is 210 Å². The van der Waals surface area contributed by atoms with Crippen molar-refractivity contribution < 1.29 is 9.13 Å². The van der Waals surface area contributed by atoms with Crippen LogP contribution in [-0.4, -0.2) is 77.7 Å². The van der Waals surface area contributed by atoms with E-state index in [4.69, 9.17) is 4.74 Å². The van der Waals surface area contributed by atoms with E-state index in [2.05, 4.69) is 77.0 Å². The first-order chi connectivity index (χ1) is 16.1. The lowest BCUT2D eigenvalue weighted by Crippen LogP contribution is -2.63. The van der Waals surface area contributed by atoms with Gasteiger partial charge in [0, 0.05) is 37.8 Å². The Morgan fingerprint density at radius 1 is 0.735 bits per heavy atom. The first-order valence-electron chi connectivity index (χ1n) is 13.8. The van der Waals surface area contributed by atoms with Gasteiger partial charge in [0.25, 0.3) is 0 Å². The second kappa shape index (κ2) is 15.1. The van der Waals surface area contributed by atoms with E-state index in [1.165, 1.54) is 0 Å². The molecule has 0 saturated heterocycles. The molecule has 0 aromatic heterocycles. The average molecular weight is 480 g/mol. The molecule has 5 heteroatoms. The van der Waals surface area contributed by atoms with Gasteiger partial charge >= 0.3 is 0 Å². The predicted octanol–water partition coefficient (Wildman–Crippen LogP) is 6.61. The molecule has 4 nitrogen and oxygen atoms in total. The van der Waals surface area contributed by atoms with Crippen molar-refractivity contribution in [1.29, 1.82) is 0 Å². The molecule has 0 spiro atoms. The lowest BCUT2D eigenvalue weighted by molar-refractivity contribution is -0.0475. The number of nitrogens with zero attached hydrogens (tertiary/aromatic N) is 3. The van der Waals surface area contributed by atoms with Gasteiger partial charge in [0.05, 0.1) is 0 Å². The van der Waals surface area contributed by atoms with Gasteiger partial charge in [-0.2, -0.15) is 0 Å². The van der Waals surface area contributed by atoms with Crippen molar-refractivity contribution in [3.8, 4) is 5.75 Å². The number of benzene rings is 1. The molecule has 1 rings (SSSR count). The minimum Gasteiger partial charge on any atom is -0.480 e. The van der Waals surface area contributed by atoms with Gasteiger partial charge in [0.2, 0.25) is 0 Å². The highest BCUT2D eigenvalue weighted by molar-refractivity contribution is 5.29. The van der Waals surface area contributed by atoms with Crippen LogP contribution in [0.25, 0.3) is 0 Å². The summed E-state index contributed by atoms with van der Waals surface area (Å²) in [5, 5.41) is 0. The Balaban J connectivity index is 3.62. The summed E-state index contributed by atoms with van der Waals surface area (Å²) in [5.41, 5.74) is 0.351. The van der Waals surface area contributed by atoms with Crippen LogP contribution in [0.1, 0.15) is 87.1 Å². The highest BCUT2D eigenvalue weighted by atomic mass is 19.1. The molecule has 3 unspecified atom stereocenters. The molecule has 0 saturated carbocycles. The molecule has 1 aromatic rings. The largest absolute Gasteiger partial charge is 0.480 e. The lowest BCUT2D eigenvalue weighted by atomic mass is 9.96. The predicted molar refractivity (Wildman–Crippen MR) is 145 cm³/mol. The van der Waals surface area contributed by atoms with Gasteiger partial charge in [-0.15, -0.1) is 0 Å². The van der Waals surface area contributed by atoms with Crippen molar-refractivity contribution >= 4 is 0 Å². The second-order valence-corrected chi connectivity index (χ2v) is 10.2. The van der Waals surface area contributed by atoms with Gasteiger partial charge in [-0.05, 0) is 84.3 Å². The van der Waals surface area contributed by atoms with Crippen LogP contribution in [0.4, 0.5) is 4.39 Å². The number of rotatable bonds is 17. The minimum atomic E-state index is -0.561. The topological polar surface area (TPSA) is 19.0 Å². The molecule has 0 aliphatic rings. The fourth-order valence-electron chi connectivity index (χ4n) is 4.79. The number of hydrogen-bond donors (Lipinski definition) is 0. The maximum Gasteiger partial charge on any atom is 0.165 e. The van der Waals surface area contributed by atoms with Crippen molar-refractivity contribution in [3.05, 3.63) is 29.6 Å². The van der Waals surface area contributed by atoms with Crippen LogP contribution in [0.3, 0.4) is 0 Å². The highest BCUT2D eigenvalue weighted by Gasteiger charge is 2.40. The van der Waals surface area contributed by atoms with E-state index in [1.807, 2.05) is 19.1 Å². The Morgan fingerprint density at radius 2 is 1.12 bits per heavy atom. The summed E-state index contributed by atoms with van der Waals surface area (Å²) in [5.74, 6) is 0.0976. The molecule has 0 radical (unpaired) electrons. The molecule has 3 atom stereocenters. The molecule has 0 aliphatic carbocycles. The Morgan fingerprint density at radius 3 is 1.41 bits per heavy atom. The van der Waals surface area contributed by atoms with Crippen LogP contribution in [0.2, 0.25) is 0 Å². The first-order valence-corrected chi connectivity index (χ1v) is 13.8. The molecule has 198 valence electrons. The molecule has 0 fully saturated rings. The van der Waals surface area contributed by atoms with Gasteiger partial charge in [-0.1, -0.05) is 47.6 Å². The van der Waals surface area contributed by atoms with E-state index in [0.717, 1.165) is 64.1 Å². The summed E-state index contributed by atoms with van der Waals surface area (Å²) in [6.45, 7) is 27.3. The van der Waals surface area contributed by atoms with E-state index < -0.39 is 5.60 Å². The van der Waals surface area contributed by atoms with E-state index in [1.54, 1.807) is 6.07 Å². The summed E-state index contributed by atoms with van der Waals surface area (Å²) >= 11 is 0. The smallest absolute Gasteiger partial charge is 0.165 e. The van der Waals surface area contributed by atoms with Crippen molar-refractivity contribution in [1.82, 2.24) is 14.7 Å². The van der Waals surface area contributed by atoms with Crippen LogP contribution < -0.4 is 4.74 Å². The van der Waals surface area contributed by atoms with Crippen molar-refractivity contribution in [2.24, 2.45) is 0 Å². The van der Waals surface area contributed by atoms with Crippen molar-refractivity contribution in [2.75, 3.05) is 39.3 Å². The summed E-state index contributed by atoms with van der Waals surface area (Å²) < 4.78 is 22.0. The van der Waals surface area contributed by atoms with Crippen molar-refractivity contribution in [2.45, 2.75) is 112 Å². The van der Waals surface area contributed by atoms with Crippen LogP contribution in [0.5, 0.6) is 5.75 Å². The van der Waals surface area contributed by atoms with Gasteiger partial charge in [-0.25, -0.2) is 4.39 Å². The Kier molecular flexibility index (Phi) is 13.7. The molecule has 0 heterocycles. The Bertz CT molecular complexity index is 648. The van der Waals surface area contributed by atoms with Gasteiger partial charge < -0.3 is 4.74 Å². The SMILES string of the molecule is CCC(C)N(CC)CC(CN(CC)C(C)CC)(CN(CC)C(C)CC)Oc1ccc(C)cc1F. The zero-order valence-corrected chi connectivity index (χ0v) is 24.0. The van der Waals surface area contributed by atoms with E-state index in [9.17, 15) is 0 Å². The maximum atomic E-state index is 15.1. The minimum absolute atomic E-state index is 0.269. The fraction of sp³-hybridized carbons (Fsp3) is 0.793. The van der Waals surface area contributed by atoms with E-state index in [0.29, 0.717) is 23.9 Å². The number of hydrogen-bond acceptors (Lipinski definition) is 4. The molecular weight excluding hydrogens is 425 g/mol. The zero-order chi connectivity index (χ0) is 25.9. The van der Waals surface area contributed by atoms with Crippen LogP contribution in [0.15, 0.2) is 18.2 Å². The molecule has 34 heavy (non-hydrogen) atoms. The molecule has 0 bridgehead atoms. The first kappa shape index (κ1) is 30.9. The maximum absolute atomic E-state index is 15.1. The summed E-state index contributed by atoms with van der Waals surface area (Å²) in [6.07, 6.45) is 3.23. The molecule has 0 amide bonds. The van der Waals surface area contributed by atoms with Crippen LogP contribution >= 0.6 is 0 Å². The van der Waals surface area contributed by atoms with Crippen LogP contribution in [0, 0.1) is 12.7 Å². The summed E-state index contributed by atoms with van der Waals surface area (Å²) in [6, 6.07) is 6.67. The third-order valence-electron chi connectivity index (χ3n) is 7.75. The van der Waals surface area contributed by atoms with E-state index in [-0.39, 0.29) is 5.82 Å². The van der Waals surface area contributed by atoms with Gasteiger partial charge in [0.1, 0.15) is 5.60 Å². The van der Waals surface area contributed by atoms with Crippen LogP contribution in [-0.2, 0) is 0 Å². The number of ether oxygens (including phenoxy) is 1. The van der Waals surface area contributed by atoms with E-state index >= 15 is 4.39 Å². The third-order valence-corrected chi connectivity index (χ3v) is 7.75. The number of likely N-dealkylation sites (N-methyl/N-ethyl adjacent to an activating group) is 3. The normalized spacial score (nSPS) is 16.6. The number of aryl methyl sites for hydroxylation is 1. The summed E-state index contributed by atoms with van der Waals surface area (Å²) in [7, 11) is 0. The molecule has 0 N–H and O–H groups in total. The summed E-state index contributed by atoms with van der Waals surface area (Å²) in [4.78, 5) is 7.54. The quantitative estimate of drug-likeness (QED) is 0.250. The standard InChI is InChI=1S/C29H54FN3O/c1-11-24(8)31(14-4)20-29(21-32(15-5)25(9)12-2,22-33(16-6)26(10)13-3)34-28-18-17-23(7)19-27(28)30/h17-19,24-26H,11-16,20-22H2,1-10H3. The molecule has 0 aliphatic heterocycles. The monoisotopic (exact) mass is 479 g/mol. The highest BCUT2D eigenvalue weighted by Crippen LogP contribution is 2.28. The zero-order valence-electron chi connectivity index (χ0n) is 24.0. The fourth-order valence-corrected chi connectivity index (χ4v) is 4.79. The second-order valence-electron chi connectivity index (χ2n) is 10.2. The van der Waals surface area contributed by atoms with Gasteiger partial charge in [0.15, 0.2) is 11.6 Å². The van der Waals surface area contributed by atoms with Gasteiger partial charge in [-0.3, -0.25) is 14.7 Å². The third kappa shape index (κ3) is 8.80.